The number of hydrogen-bond donors (Lipinski definition) is 4. The second-order valence-corrected chi connectivity index (χ2v) is 16.3. The van der Waals surface area contributed by atoms with Gasteiger partial charge in [0.25, 0.3) is 5.91 Å². The number of likely N-dealkylation sites (tertiary alicyclic amines) is 2. The van der Waals surface area contributed by atoms with Crippen molar-refractivity contribution in [3.63, 3.8) is 0 Å². The Morgan fingerprint density at radius 2 is 1.03 bits per heavy atom. The number of amides is 5. The number of hydrogen-bond acceptors (Lipinski definition) is 7. The third-order valence-corrected chi connectivity index (χ3v) is 12.2. The van der Waals surface area contributed by atoms with Gasteiger partial charge in [-0.3, -0.25) is 24.1 Å². The summed E-state index contributed by atoms with van der Waals surface area (Å²) in [7, 11) is 0. The number of carbonyl (C=O) groups excluding carboxylic acids is 4. The van der Waals surface area contributed by atoms with Crippen molar-refractivity contribution in [3.8, 4) is 0 Å². The molecule has 332 valence electrons. The Morgan fingerprint density at radius 3 is 1.48 bits per heavy atom. The maximum absolute atomic E-state index is 14.1. The Bertz CT molecular complexity index is 2340. The maximum Gasteiger partial charge on any atom is 0.405 e. The Hall–Kier alpha value is -6.99. The first-order valence-electron chi connectivity index (χ1n) is 22.2. The van der Waals surface area contributed by atoms with Crippen LogP contribution < -0.4 is 20.9 Å². The van der Waals surface area contributed by atoms with E-state index in [1.807, 2.05) is 97.1 Å². The van der Waals surface area contributed by atoms with Crippen LogP contribution in [0.25, 0.3) is 0 Å². The standard InChI is InChI=1S/C51H57N7O6/c1-3-55(4-2)46(39-18-10-6-11-19-39)50(62)58-33-15-23-44(58)48(60)53-41-30-26-37(27-31-41)35-56(42-20-12-7-13-21-42)34-36-24-28-40(29-25-36)52-47(59)43-22-14-32-57(43)49(61)45(54-51(63)64)38-16-8-5-9-17-38/h5-13,16-21,24-31,43-46,54H,3-4,14-15,22-23,32-35H2,1-2H3,(H,52,59)(H,53,60)(H,63,64)/t43-,44-,45+,46+/m0/s1. The molecular weight excluding hydrogens is 807 g/mol. The van der Waals surface area contributed by atoms with E-state index in [0.29, 0.717) is 75.5 Å². The maximum atomic E-state index is 14.1. The highest BCUT2D eigenvalue weighted by Gasteiger charge is 2.40. The molecule has 2 saturated heterocycles. The molecule has 13 nitrogen and oxygen atoms in total. The van der Waals surface area contributed by atoms with Crippen LogP contribution in [0.4, 0.5) is 21.9 Å². The van der Waals surface area contributed by atoms with Gasteiger partial charge in [0, 0.05) is 43.2 Å². The minimum Gasteiger partial charge on any atom is -0.465 e. The van der Waals surface area contributed by atoms with Crippen molar-refractivity contribution in [1.29, 1.82) is 0 Å². The summed E-state index contributed by atoms with van der Waals surface area (Å²) in [5.74, 6) is -1.02. The van der Waals surface area contributed by atoms with Crippen LogP contribution in [0, 0.1) is 0 Å². The molecular formula is C51H57N7O6. The lowest BCUT2D eigenvalue weighted by atomic mass is 10.0. The molecule has 4 N–H and O–H groups in total. The van der Waals surface area contributed by atoms with Crippen molar-refractivity contribution in [2.75, 3.05) is 41.7 Å². The first kappa shape index (κ1) is 45.0. The van der Waals surface area contributed by atoms with Gasteiger partial charge in [0.1, 0.15) is 24.2 Å². The fraction of sp³-hybridized carbons (Fsp3) is 0.314. The smallest absolute Gasteiger partial charge is 0.405 e. The van der Waals surface area contributed by atoms with E-state index in [1.54, 1.807) is 35.2 Å². The van der Waals surface area contributed by atoms with Gasteiger partial charge in [0.05, 0.1) is 0 Å². The number of likely N-dealkylation sites (N-methyl/N-ethyl adjacent to an activating group) is 1. The molecule has 0 aromatic heterocycles. The van der Waals surface area contributed by atoms with Gasteiger partial charge in [-0.05, 0) is 97.4 Å². The molecule has 0 spiro atoms. The Balaban J connectivity index is 0.975. The van der Waals surface area contributed by atoms with Crippen molar-refractivity contribution in [3.05, 3.63) is 162 Å². The molecule has 5 aromatic carbocycles. The third kappa shape index (κ3) is 11.0. The molecule has 5 aromatic rings. The molecule has 0 aliphatic carbocycles. The van der Waals surface area contributed by atoms with Crippen molar-refractivity contribution in [2.45, 2.75) is 76.8 Å². The summed E-state index contributed by atoms with van der Waals surface area (Å²) in [4.78, 5) is 74.4. The summed E-state index contributed by atoms with van der Waals surface area (Å²) >= 11 is 0. The van der Waals surface area contributed by atoms with E-state index < -0.39 is 36.2 Å². The van der Waals surface area contributed by atoms with Gasteiger partial charge in [-0.25, -0.2) is 4.79 Å². The van der Waals surface area contributed by atoms with E-state index in [1.165, 1.54) is 4.90 Å². The lowest BCUT2D eigenvalue weighted by molar-refractivity contribution is -0.141. The van der Waals surface area contributed by atoms with Gasteiger partial charge in [-0.15, -0.1) is 0 Å². The molecule has 0 saturated carbocycles. The average molecular weight is 864 g/mol. The molecule has 13 heteroatoms. The zero-order valence-corrected chi connectivity index (χ0v) is 36.4. The zero-order chi connectivity index (χ0) is 45.0. The zero-order valence-electron chi connectivity index (χ0n) is 36.4. The molecule has 64 heavy (non-hydrogen) atoms. The third-order valence-electron chi connectivity index (χ3n) is 12.2. The van der Waals surface area contributed by atoms with Gasteiger partial charge < -0.3 is 35.8 Å². The van der Waals surface area contributed by atoms with E-state index in [4.69, 9.17) is 0 Å². The predicted molar refractivity (Wildman–Crippen MR) is 248 cm³/mol. The number of carboxylic acid groups (broad SMARTS) is 1. The van der Waals surface area contributed by atoms with Crippen LogP contribution >= 0.6 is 0 Å². The van der Waals surface area contributed by atoms with Crippen LogP contribution in [0.3, 0.4) is 0 Å². The molecule has 2 aliphatic heterocycles. The molecule has 0 radical (unpaired) electrons. The first-order chi connectivity index (χ1) is 31.1. The highest BCUT2D eigenvalue weighted by atomic mass is 16.4. The fourth-order valence-electron chi connectivity index (χ4n) is 8.88. The van der Waals surface area contributed by atoms with Crippen LogP contribution in [-0.2, 0) is 32.3 Å². The van der Waals surface area contributed by atoms with Crippen LogP contribution in [0.1, 0.15) is 73.9 Å². The highest BCUT2D eigenvalue weighted by molar-refractivity contribution is 5.99. The van der Waals surface area contributed by atoms with Gasteiger partial charge in [-0.1, -0.05) is 117 Å². The van der Waals surface area contributed by atoms with Gasteiger partial charge in [-0.2, -0.15) is 0 Å². The van der Waals surface area contributed by atoms with Crippen LogP contribution in [0.5, 0.6) is 0 Å². The molecule has 5 amide bonds. The summed E-state index contributed by atoms with van der Waals surface area (Å²) in [6, 6.07) is 41.1. The van der Waals surface area contributed by atoms with Crippen LogP contribution in [-0.4, -0.2) is 87.8 Å². The number of carbonyl (C=O) groups is 5. The fourth-order valence-corrected chi connectivity index (χ4v) is 8.88. The van der Waals surface area contributed by atoms with Crippen molar-refractivity contribution < 1.29 is 29.1 Å². The quantitative estimate of drug-likeness (QED) is 0.0738. The van der Waals surface area contributed by atoms with Crippen molar-refractivity contribution in [2.24, 2.45) is 0 Å². The minimum atomic E-state index is -1.32. The van der Waals surface area contributed by atoms with E-state index >= 15 is 0 Å². The topological polar surface area (TPSA) is 155 Å². The number of benzene rings is 5. The molecule has 7 rings (SSSR count). The average Bonchev–Trinajstić information content (AvgIpc) is 4.03. The van der Waals surface area contributed by atoms with E-state index in [9.17, 15) is 29.1 Å². The lowest BCUT2D eigenvalue weighted by Crippen LogP contribution is -2.48. The summed E-state index contributed by atoms with van der Waals surface area (Å²) in [5.41, 5.74) is 5.77. The molecule has 4 atom stereocenters. The summed E-state index contributed by atoms with van der Waals surface area (Å²) in [5, 5.41) is 17.9. The molecule has 0 bridgehead atoms. The molecule has 2 heterocycles. The van der Waals surface area contributed by atoms with Crippen LogP contribution in [0.2, 0.25) is 0 Å². The highest BCUT2D eigenvalue weighted by Crippen LogP contribution is 2.30. The van der Waals surface area contributed by atoms with E-state index in [0.717, 1.165) is 28.8 Å². The van der Waals surface area contributed by atoms with E-state index in [2.05, 4.69) is 51.7 Å². The predicted octanol–water partition coefficient (Wildman–Crippen LogP) is 7.84. The SMILES string of the molecule is CCN(CC)[C@@H](C(=O)N1CCC[C@H]1C(=O)Nc1ccc(CN(Cc2ccc(NC(=O)[C@@H]3CCCN3C(=O)[C@H](NC(=O)O)c3ccccc3)cc2)c2ccccc2)cc1)c1ccccc1. The summed E-state index contributed by atoms with van der Waals surface area (Å²) in [6.07, 6.45) is 1.15. The largest absolute Gasteiger partial charge is 0.465 e. The molecule has 0 unspecified atom stereocenters. The lowest BCUT2D eigenvalue weighted by Gasteiger charge is -2.34. The second kappa shape index (κ2) is 21.4. The Morgan fingerprint density at radius 1 is 0.594 bits per heavy atom. The van der Waals surface area contributed by atoms with Gasteiger partial charge in [0.2, 0.25) is 17.7 Å². The monoisotopic (exact) mass is 863 g/mol. The molecule has 2 aliphatic rings. The van der Waals surface area contributed by atoms with E-state index in [-0.39, 0.29) is 17.7 Å². The normalized spacial score (nSPS) is 16.8. The number of para-hydroxylation sites is 1. The summed E-state index contributed by atoms with van der Waals surface area (Å²) in [6.45, 7) is 7.58. The Kier molecular flexibility index (Phi) is 15.1. The number of nitrogens with zero attached hydrogens (tertiary/aromatic N) is 4. The van der Waals surface area contributed by atoms with Crippen molar-refractivity contribution in [1.82, 2.24) is 20.0 Å². The van der Waals surface area contributed by atoms with Crippen molar-refractivity contribution >= 4 is 46.8 Å². The second-order valence-electron chi connectivity index (χ2n) is 16.3. The number of anilines is 3. The molecule has 2 fully saturated rings. The Labute approximate surface area is 375 Å². The number of rotatable bonds is 17. The first-order valence-corrected chi connectivity index (χ1v) is 22.2. The van der Waals surface area contributed by atoms with Gasteiger partial charge in [0.15, 0.2) is 0 Å². The minimum absolute atomic E-state index is 0.0430. The van der Waals surface area contributed by atoms with Crippen LogP contribution in [0.15, 0.2) is 140 Å². The summed E-state index contributed by atoms with van der Waals surface area (Å²) < 4.78 is 0. The van der Waals surface area contributed by atoms with Gasteiger partial charge >= 0.3 is 6.09 Å². The number of nitrogens with one attached hydrogen (secondary N) is 3.